The van der Waals surface area contributed by atoms with Crippen LogP contribution in [0.4, 0.5) is 5.82 Å². The van der Waals surface area contributed by atoms with Crippen molar-refractivity contribution in [2.75, 3.05) is 0 Å². The molecule has 0 radical (unpaired) electrons. The molecule has 94 valence electrons. The van der Waals surface area contributed by atoms with E-state index >= 15 is 0 Å². The lowest BCUT2D eigenvalue weighted by Crippen LogP contribution is -2.22. The van der Waals surface area contributed by atoms with Crippen LogP contribution in [0.5, 0.6) is 0 Å². The van der Waals surface area contributed by atoms with Gasteiger partial charge in [0.15, 0.2) is 0 Å². The Bertz CT molecular complexity index is 668. The highest BCUT2D eigenvalue weighted by atomic mass is 16.1. The number of tetrazole rings is 1. The summed E-state index contributed by atoms with van der Waals surface area (Å²) >= 11 is 0. The van der Waals surface area contributed by atoms with Crippen LogP contribution in [0.25, 0.3) is 5.78 Å². The van der Waals surface area contributed by atoms with E-state index in [1.807, 2.05) is 4.57 Å². The minimum atomic E-state index is -0.158. The highest BCUT2D eigenvalue weighted by Crippen LogP contribution is 2.23. The molecule has 0 amide bonds. The molecule has 7 nitrogen and oxygen atoms in total. The number of unbranched alkanes of at least 4 members (excludes halogenated alkanes) is 2. The first-order chi connectivity index (χ1) is 8.83. The fraction of sp³-hybridized carbons (Fsp3) is 0.545. The van der Waals surface area contributed by atoms with Crippen molar-refractivity contribution in [3.05, 3.63) is 15.9 Å². The largest absolute Gasteiger partial charge is 0.293 e. The fourth-order valence-corrected chi connectivity index (χ4v) is 2.24. The number of fused-ring (bicyclic) bond motifs is 2. The second kappa shape index (κ2) is 4.32. The summed E-state index contributed by atoms with van der Waals surface area (Å²) in [7, 11) is 0. The molecule has 0 saturated heterocycles. The number of nitrogens with zero attached hydrogens (tertiary/aromatic N) is 6. The molecule has 3 heterocycles. The summed E-state index contributed by atoms with van der Waals surface area (Å²) in [6.07, 6.45) is 5.64. The van der Waals surface area contributed by atoms with Crippen molar-refractivity contribution >= 4 is 17.8 Å². The molecule has 7 heteroatoms. The third-order valence-electron chi connectivity index (χ3n) is 3.16. The minimum Gasteiger partial charge on any atom is -0.293 e. The van der Waals surface area contributed by atoms with Gasteiger partial charge in [0.05, 0.1) is 5.56 Å². The van der Waals surface area contributed by atoms with Crippen LogP contribution < -0.4 is 5.56 Å². The predicted octanol–water partition coefficient (Wildman–Crippen LogP) is 0.735. The fourth-order valence-electron chi connectivity index (χ4n) is 2.24. The van der Waals surface area contributed by atoms with Gasteiger partial charge in [-0.05, 0) is 16.8 Å². The van der Waals surface area contributed by atoms with E-state index in [0.717, 1.165) is 31.6 Å². The van der Waals surface area contributed by atoms with Gasteiger partial charge in [-0.2, -0.15) is 0 Å². The van der Waals surface area contributed by atoms with Crippen molar-refractivity contribution in [2.45, 2.75) is 39.2 Å². The zero-order chi connectivity index (χ0) is 12.5. The van der Waals surface area contributed by atoms with Crippen molar-refractivity contribution in [1.82, 2.24) is 24.6 Å². The Morgan fingerprint density at radius 2 is 2.28 bits per heavy atom. The van der Waals surface area contributed by atoms with E-state index in [1.165, 1.54) is 4.52 Å². The Morgan fingerprint density at radius 1 is 1.39 bits per heavy atom. The lowest BCUT2D eigenvalue weighted by molar-refractivity contribution is 0.600. The lowest BCUT2D eigenvalue weighted by atomic mass is 10.2. The van der Waals surface area contributed by atoms with Gasteiger partial charge in [0, 0.05) is 19.2 Å². The zero-order valence-electron chi connectivity index (χ0n) is 10.2. The maximum atomic E-state index is 12.1. The van der Waals surface area contributed by atoms with Gasteiger partial charge in [-0.1, -0.05) is 24.9 Å². The summed E-state index contributed by atoms with van der Waals surface area (Å²) in [5.41, 5.74) is 0.528. The quantitative estimate of drug-likeness (QED) is 0.745. The van der Waals surface area contributed by atoms with E-state index < -0.39 is 0 Å². The lowest BCUT2D eigenvalue weighted by Gasteiger charge is -2.10. The summed E-state index contributed by atoms with van der Waals surface area (Å²) in [6.45, 7) is 2.94. The van der Waals surface area contributed by atoms with Gasteiger partial charge in [-0.25, -0.2) is 4.99 Å². The third kappa shape index (κ3) is 1.54. The SMILES string of the molecule is CCCCCn1c2c(c(=O)n3nnnc13)CC=N2. The van der Waals surface area contributed by atoms with Gasteiger partial charge in [0.2, 0.25) is 0 Å². The molecule has 0 unspecified atom stereocenters. The molecule has 0 N–H and O–H groups in total. The maximum absolute atomic E-state index is 12.1. The number of aromatic nitrogens is 5. The van der Waals surface area contributed by atoms with Crippen molar-refractivity contribution in [2.24, 2.45) is 4.99 Å². The molecule has 0 fully saturated rings. The molecule has 2 aromatic heterocycles. The molecule has 0 spiro atoms. The van der Waals surface area contributed by atoms with Crippen LogP contribution >= 0.6 is 0 Å². The van der Waals surface area contributed by atoms with Crippen molar-refractivity contribution in [3.63, 3.8) is 0 Å². The van der Waals surface area contributed by atoms with Crippen molar-refractivity contribution < 1.29 is 0 Å². The van der Waals surface area contributed by atoms with Crippen LogP contribution in [0.3, 0.4) is 0 Å². The van der Waals surface area contributed by atoms with E-state index in [2.05, 4.69) is 27.4 Å². The second-order valence-corrected chi connectivity index (χ2v) is 4.37. The summed E-state index contributed by atoms with van der Waals surface area (Å²) in [5, 5.41) is 11.3. The van der Waals surface area contributed by atoms with Crippen LogP contribution in [0.2, 0.25) is 0 Å². The van der Waals surface area contributed by atoms with Gasteiger partial charge in [-0.3, -0.25) is 9.36 Å². The van der Waals surface area contributed by atoms with Crippen LogP contribution in [0.15, 0.2) is 9.79 Å². The molecular weight excluding hydrogens is 232 g/mol. The summed E-state index contributed by atoms with van der Waals surface area (Å²) in [6, 6.07) is 0. The Kier molecular flexibility index (Phi) is 2.66. The van der Waals surface area contributed by atoms with Crippen LogP contribution in [-0.4, -0.2) is 30.8 Å². The minimum absolute atomic E-state index is 0.158. The van der Waals surface area contributed by atoms with Crippen LogP contribution in [0, 0.1) is 0 Å². The Labute approximate surface area is 103 Å². The third-order valence-corrected chi connectivity index (χ3v) is 3.16. The normalized spacial score (nSPS) is 13.4. The number of rotatable bonds is 4. The number of hydrogen-bond donors (Lipinski definition) is 0. The van der Waals surface area contributed by atoms with Gasteiger partial charge in [0.25, 0.3) is 11.3 Å². The molecule has 2 aromatic rings. The summed E-state index contributed by atoms with van der Waals surface area (Å²) < 4.78 is 3.20. The number of aryl methyl sites for hydroxylation is 1. The molecule has 1 aliphatic heterocycles. The van der Waals surface area contributed by atoms with E-state index in [1.54, 1.807) is 6.21 Å². The van der Waals surface area contributed by atoms with Crippen LogP contribution in [0.1, 0.15) is 31.7 Å². The molecule has 18 heavy (non-hydrogen) atoms. The van der Waals surface area contributed by atoms with E-state index in [0.29, 0.717) is 17.8 Å². The predicted molar refractivity (Wildman–Crippen MR) is 66.4 cm³/mol. The van der Waals surface area contributed by atoms with E-state index in [9.17, 15) is 4.79 Å². The number of aliphatic imine (C=N–C) groups is 1. The molecule has 0 aromatic carbocycles. The maximum Gasteiger partial charge on any atom is 0.282 e. The first kappa shape index (κ1) is 11.1. The van der Waals surface area contributed by atoms with Gasteiger partial charge in [0.1, 0.15) is 5.82 Å². The summed E-state index contributed by atoms with van der Waals surface area (Å²) in [4.78, 5) is 16.4. The average molecular weight is 246 g/mol. The first-order valence-electron chi connectivity index (χ1n) is 6.19. The van der Waals surface area contributed by atoms with Gasteiger partial charge >= 0.3 is 0 Å². The first-order valence-corrected chi connectivity index (χ1v) is 6.19. The highest BCUT2D eigenvalue weighted by molar-refractivity contribution is 5.74. The topological polar surface area (TPSA) is 77.4 Å². The molecule has 3 rings (SSSR count). The molecular formula is C11H14N6O. The Morgan fingerprint density at radius 3 is 3.11 bits per heavy atom. The Hall–Kier alpha value is -2.05. The molecule has 0 bridgehead atoms. The zero-order valence-corrected chi connectivity index (χ0v) is 10.2. The average Bonchev–Trinajstić information content (AvgIpc) is 3.02. The molecule has 0 saturated carbocycles. The number of hydrogen-bond acceptors (Lipinski definition) is 5. The van der Waals surface area contributed by atoms with E-state index in [-0.39, 0.29) is 5.56 Å². The van der Waals surface area contributed by atoms with Crippen molar-refractivity contribution in [1.29, 1.82) is 0 Å². The van der Waals surface area contributed by atoms with Gasteiger partial charge < -0.3 is 0 Å². The van der Waals surface area contributed by atoms with Crippen molar-refractivity contribution in [3.8, 4) is 0 Å². The second-order valence-electron chi connectivity index (χ2n) is 4.37. The Balaban J connectivity index is 2.16. The highest BCUT2D eigenvalue weighted by Gasteiger charge is 2.20. The monoisotopic (exact) mass is 246 g/mol. The molecule has 0 aliphatic carbocycles. The molecule has 0 atom stereocenters. The van der Waals surface area contributed by atoms with Gasteiger partial charge in [-0.15, -0.1) is 4.52 Å². The summed E-state index contributed by atoms with van der Waals surface area (Å²) in [5.74, 6) is 1.20. The molecule has 1 aliphatic rings. The van der Waals surface area contributed by atoms with Crippen LogP contribution in [-0.2, 0) is 13.0 Å². The van der Waals surface area contributed by atoms with E-state index in [4.69, 9.17) is 0 Å². The smallest absolute Gasteiger partial charge is 0.282 e. The standard InChI is InChI=1S/C11H14N6O/c1-2-3-4-7-16-9-8(5-6-12-9)10(18)17-11(16)13-14-15-17/h6H,2-5,7H2,1H3.